The number of ketones is 1. The molecule has 2 heterocycles. The molecule has 0 saturated heterocycles. The Morgan fingerprint density at radius 3 is 2.67 bits per heavy atom. The topological polar surface area (TPSA) is 63.3 Å². The minimum absolute atomic E-state index is 0.0197. The van der Waals surface area contributed by atoms with E-state index in [1.54, 1.807) is 4.68 Å². The third-order valence-corrected chi connectivity index (χ3v) is 5.80. The van der Waals surface area contributed by atoms with E-state index in [9.17, 15) is 9.90 Å². The predicted molar refractivity (Wildman–Crippen MR) is 91.7 cm³/mol. The minimum Gasteiger partial charge on any atom is -0.507 e. The number of hydrogen-bond acceptors (Lipinski definition) is 5. The Morgan fingerprint density at radius 2 is 2.04 bits per heavy atom. The van der Waals surface area contributed by atoms with Gasteiger partial charge in [0.15, 0.2) is 10.6 Å². The van der Waals surface area contributed by atoms with E-state index in [0.29, 0.717) is 12.2 Å². The van der Waals surface area contributed by atoms with Crippen LogP contribution in [0.15, 0.2) is 5.51 Å². The van der Waals surface area contributed by atoms with Gasteiger partial charge in [0.2, 0.25) is 12.3 Å². The number of hydrogen-bond donors (Lipinski definition) is 1. The molecule has 5 nitrogen and oxygen atoms in total. The van der Waals surface area contributed by atoms with Crippen molar-refractivity contribution >= 4 is 17.1 Å². The Hall–Kier alpha value is -1.95. The van der Waals surface area contributed by atoms with Crippen LogP contribution in [0.5, 0.6) is 11.5 Å². The number of carbonyl (C=O) groups is 1. The van der Waals surface area contributed by atoms with Gasteiger partial charge in [-0.05, 0) is 64.2 Å². The van der Waals surface area contributed by atoms with E-state index in [0.717, 1.165) is 39.4 Å². The number of phenolic OH excluding ortho intramolecular Hbond substituents is 1. The number of ether oxygens (including phenoxy) is 1. The lowest BCUT2D eigenvalue weighted by atomic mass is 9.85. The molecule has 1 aliphatic rings. The van der Waals surface area contributed by atoms with E-state index in [2.05, 4.69) is 5.10 Å². The largest absolute Gasteiger partial charge is 0.507 e. The second kappa shape index (κ2) is 5.84. The molecule has 0 fully saturated rings. The normalized spacial score (nSPS) is 19.7. The lowest BCUT2D eigenvalue weighted by molar-refractivity contribution is -0.737. The monoisotopic (exact) mass is 347 g/mol. The first-order chi connectivity index (χ1) is 11.2. The molecule has 24 heavy (non-hydrogen) atoms. The molecule has 1 unspecified atom stereocenters. The van der Waals surface area contributed by atoms with Crippen LogP contribution in [0.25, 0.3) is 0 Å². The molecule has 1 N–H and O–H groups in total. The highest BCUT2D eigenvalue weighted by atomic mass is 32.1. The molecule has 1 aliphatic heterocycles. The first-order valence-corrected chi connectivity index (χ1v) is 8.96. The second-order valence-electron chi connectivity index (χ2n) is 6.73. The van der Waals surface area contributed by atoms with Crippen LogP contribution in [-0.4, -0.2) is 21.6 Å². The van der Waals surface area contributed by atoms with Gasteiger partial charge < -0.3 is 9.84 Å². The molecule has 3 rings (SSSR count). The molecular formula is C18H23N2O3S+. The van der Waals surface area contributed by atoms with Crippen molar-refractivity contribution in [3.8, 4) is 11.5 Å². The van der Waals surface area contributed by atoms with Crippen LogP contribution in [0.4, 0.5) is 0 Å². The second-order valence-corrected chi connectivity index (χ2v) is 7.76. The SMILES string of the molecule is Cc1n[n+](CC(=O)C2(C)CCc3c(C)c(O)c(C)c(C)c3O2)cs1. The van der Waals surface area contributed by atoms with E-state index in [-0.39, 0.29) is 12.3 Å². The van der Waals surface area contributed by atoms with Crippen molar-refractivity contribution in [2.24, 2.45) is 0 Å². The summed E-state index contributed by atoms with van der Waals surface area (Å²) in [4.78, 5) is 12.8. The van der Waals surface area contributed by atoms with Crippen LogP contribution in [0.2, 0.25) is 0 Å². The molecule has 0 bridgehead atoms. The van der Waals surface area contributed by atoms with Gasteiger partial charge in [-0.2, -0.15) is 0 Å². The van der Waals surface area contributed by atoms with E-state index in [1.165, 1.54) is 11.3 Å². The maximum atomic E-state index is 12.8. The first kappa shape index (κ1) is 16.9. The van der Waals surface area contributed by atoms with Gasteiger partial charge in [-0.1, -0.05) is 16.0 Å². The van der Waals surface area contributed by atoms with Gasteiger partial charge >= 0.3 is 0 Å². The number of Topliss-reactive ketones (excluding diaryl/α,β-unsaturated/α-hetero) is 1. The van der Waals surface area contributed by atoms with Crippen molar-refractivity contribution in [3.05, 3.63) is 32.8 Å². The quantitative estimate of drug-likeness (QED) is 0.867. The summed E-state index contributed by atoms with van der Waals surface area (Å²) >= 11 is 1.52. The minimum atomic E-state index is -0.863. The molecular weight excluding hydrogens is 324 g/mol. The lowest BCUT2D eigenvalue weighted by Gasteiger charge is -2.35. The Morgan fingerprint density at radius 1 is 1.33 bits per heavy atom. The summed E-state index contributed by atoms with van der Waals surface area (Å²) in [5, 5.41) is 15.5. The summed E-state index contributed by atoms with van der Waals surface area (Å²) in [6.45, 7) is 9.70. The zero-order valence-electron chi connectivity index (χ0n) is 14.8. The average Bonchev–Trinajstić information content (AvgIpc) is 2.95. The number of aromatic hydroxyl groups is 1. The Bertz CT molecular complexity index is 828. The summed E-state index contributed by atoms with van der Waals surface area (Å²) in [6, 6.07) is 0. The smallest absolute Gasteiger partial charge is 0.253 e. The van der Waals surface area contributed by atoms with Crippen molar-refractivity contribution in [3.63, 3.8) is 0 Å². The van der Waals surface area contributed by atoms with Crippen molar-refractivity contribution in [1.29, 1.82) is 0 Å². The van der Waals surface area contributed by atoms with Crippen molar-refractivity contribution < 1.29 is 19.3 Å². The molecule has 1 aromatic heterocycles. The molecule has 128 valence electrons. The zero-order valence-corrected chi connectivity index (χ0v) is 15.6. The number of phenols is 1. The van der Waals surface area contributed by atoms with E-state index in [1.807, 2.05) is 40.1 Å². The average molecular weight is 347 g/mol. The number of carbonyl (C=O) groups excluding carboxylic acids is 1. The summed E-state index contributed by atoms with van der Waals surface area (Å²) in [6.07, 6.45) is 1.32. The molecule has 1 atom stereocenters. The van der Waals surface area contributed by atoms with Gasteiger partial charge in [0.1, 0.15) is 11.5 Å². The third kappa shape index (κ3) is 2.69. The fourth-order valence-corrected chi connectivity index (χ4v) is 3.74. The summed E-state index contributed by atoms with van der Waals surface area (Å²) < 4.78 is 7.88. The lowest BCUT2D eigenvalue weighted by Crippen LogP contribution is -2.52. The van der Waals surface area contributed by atoms with Gasteiger partial charge in [0.05, 0.1) is 0 Å². The molecule has 1 aromatic carbocycles. The Balaban J connectivity index is 1.92. The van der Waals surface area contributed by atoms with Crippen LogP contribution >= 0.6 is 11.3 Å². The number of nitrogens with zero attached hydrogens (tertiary/aromatic N) is 2. The number of benzene rings is 1. The highest BCUT2D eigenvalue weighted by molar-refractivity contribution is 7.08. The number of rotatable bonds is 3. The molecule has 0 amide bonds. The molecule has 0 radical (unpaired) electrons. The van der Waals surface area contributed by atoms with Crippen LogP contribution in [0, 0.1) is 27.7 Å². The first-order valence-electron chi connectivity index (χ1n) is 8.08. The van der Waals surface area contributed by atoms with Gasteiger partial charge in [-0.3, -0.25) is 4.79 Å². The van der Waals surface area contributed by atoms with Crippen molar-refractivity contribution in [2.75, 3.05) is 0 Å². The van der Waals surface area contributed by atoms with Crippen LogP contribution in [0.1, 0.15) is 40.6 Å². The molecule has 0 saturated carbocycles. The molecule has 0 spiro atoms. The number of fused-ring (bicyclic) bond motifs is 1. The Labute approximate surface area is 145 Å². The maximum Gasteiger partial charge on any atom is 0.253 e. The fourth-order valence-electron chi connectivity index (χ4n) is 3.20. The summed E-state index contributed by atoms with van der Waals surface area (Å²) in [5.74, 6) is 1.11. The van der Waals surface area contributed by atoms with Gasteiger partial charge in [-0.15, -0.1) is 0 Å². The highest BCUT2D eigenvalue weighted by Gasteiger charge is 2.42. The highest BCUT2D eigenvalue weighted by Crippen LogP contribution is 2.43. The summed E-state index contributed by atoms with van der Waals surface area (Å²) in [5.41, 5.74) is 4.57. The van der Waals surface area contributed by atoms with Crippen molar-refractivity contribution in [1.82, 2.24) is 5.10 Å². The van der Waals surface area contributed by atoms with Gasteiger partial charge in [0, 0.05) is 10.7 Å². The fraction of sp³-hybridized carbons (Fsp3) is 0.500. The standard InChI is InChI=1S/C18H22N2O3S/c1-10-11(2)17-14(12(3)16(10)22)6-7-18(5,23-17)15(21)8-20-9-24-13(4)19-20/h9H,6-8H2,1-5H3/p+1. The number of aromatic nitrogens is 2. The Kier molecular flexibility index (Phi) is 4.11. The van der Waals surface area contributed by atoms with Gasteiger partial charge in [-0.25, -0.2) is 0 Å². The maximum absolute atomic E-state index is 12.8. The molecule has 2 aromatic rings. The number of aryl methyl sites for hydroxylation is 1. The van der Waals surface area contributed by atoms with Crippen LogP contribution in [-0.2, 0) is 17.8 Å². The third-order valence-electron chi connectivity index (χ3n) is 5.03. The van der Waals surface area contributed by atoms with E-state index >= 15 is 0 Å². The van der Waals surface area contributed by atoms with E-state index in [4.69, 9.17) is 4.74 Å². The molecule has 6 heteroatoms. The predicted octanol–water partition coefficient (Wildman–Crippen LogP) is 2.72. The van der Waals surface area contributed by atoms with Crippen LogP contribution < -0.4 is 9.42 Å². The van der Waals surface area contributed by atoms with Crippen molar-refractivity contribution in [2.45, 2.75) is 59.6 Å². The van der Waals surface area contributed by atoms with E-state index < -0.39 is 5.60 Å². The summed E-state index contributed by atoms with van der Waals surface area (Å²) in [7, 11) is 0. The van der Waals surface area contributed by atoms with Gasteiger partial charge in [0.25, 0.3) is 5.51 Å². The zero-order chi connectivity index (χ0) is 17.6. The molecule has 0 aliphatic carbocycles. The van der Waals surface area contributed by atoms with Crippen LogP contribution in [0.3, 0.4) is 0 Å².